The van der Waals surface area contributed by atoms with Gasteiger partial charge < -0.3 is 4.98 Å². The van der Waals surface area contributed by atoms with Crippen LogP contribution in [0.2, 0.25) is 0 Å². The zero-order chi connectivity index (χ0) is 14.2. The summed E-state index contributed by atoms with van der Waals surface area (Å²) in [5, 5.41) is 1.03. The summed E-state index contributed by atoms with van der Waals surface area (Å²) < 4.78 is 0. The molecule has 4 heteroatoms. The molecule has 3 aromatic rings. The van der Waals surface area contributed by atoms with Crippen LogP contribution >= 0.6 is 23.5 Å². The highest BCUT2D eigenvalue weighted by atomic mass is 32.2. The number of nitrogens with zero attached hydrogens (tertiary/aromatic N) is 1. The van der Waals surface area contributed by atoms with E-state index in [4.69, 9.17) is 0 Å². The minimum Gasteiger partial charge on any atom is -0.333 e. The van der Waals surface area contributed by atoms with Crippen LogP contribution in [-0.4, -0.2) is 21.5 Å². The van der Waals surface area contributed by atoms with Gasteiger partial charge in [0.05, 0.1) is 11.0 Å². The lowest BCUT2D eigenvalue weighted by molar-refractivity contribution is 0.892. The van der Waals surface area contributed by atoms with Gasteiger partial charge >= 0.3 is 0 Å². The smallest absolute Gasteiger partial charge is 0.166 e. The van der Waals surface area contributed by atoms with Gasteiger partial charge in [-0.25, -0.2) is 4.98 Å². The Labute approximate surface area is 132 Å². The summed E-state index contributed by atoms with van der Waals surface area (Å²) >= 11 is 3.81. The molecule has 0 radical (unpaired) electrons. The SMILES string of the molecule is Cc1ccc2nc(SCC3CSc4ccccc43)[nH]c2c1. The Hall–Kier alpha value is -1.39. The van der Waals surface area contributed by atoms with Gasteiger partial charge in [0, 0.05) is 22.3 Å². The lowest BCUT2D eigenvalue weighted by atomic mass is 10.0. The van der Waals surface area contributed by atoms with Crippen LogP contribution in [0.1, 0.15) is 17.0 Å². The maximum Gasteiger partial charge on any atom is 0.166 e. The zero-order valence-corrected chi connectivity index (χ0v) is 13.4. The van der Waals surface area contributed by atoms with E-state index in [2.05, 4.69) is 59.4 Å². The molecule has 21 heavy (non-hydrogen) atoms. The van der Waals surface area contributed by atoms with Crippen molar-refractivity contribution in [3.8, 4) is 0 Å². The molecule has 0 bridgehead atoms. The predicted molar refractivity (Wildman–Crippen MR) is 91.5 cm³/mol. The van der Waals surface area contributed by atoms with Crippen LogP contribution in [0.4, 0.5) is 0 Å². The monoisotopic (exact) mass is 312 g/mol. The van der Waals surface area contributed by atoms with Crippen LogP contribution in [-0.2, 0) is 0 Å². The summed E-state index contributed by atoms with van der Waals surface area (Å²) in [5.41, 5.74) is 4.97. The number of imidazole rings is 1. The molecule has 2 nitrogen and oxygen atoms in total. The molecule has 0 spiro atoms. The Kier molecular flexibility index (Phi) is 3.43. The molecule has 1 aliphatic heterocycles. The minimum atomic E-state index is 0.631. The van der Waals surface area contributed by atoms with Gasteiger partial charge in [-0.2, -0.15) is 0 Å². The molecular weight excluding hydrogens is 296 g/mol. The van der Waals surface area contributed by atoms with Gasteiger partial charge in [0.15, 0.2) is 5.16 Å². The van der Waals surface area contributed by atoms with Crippen molar-refractivity contribution in [1.29, 1.82) is 0 Å². The molecule has 106 valence electrons. The highest BCUT2D eigenvalue weighted by Crippen LogP contribution is 2.41. The molecule has 0 amide bonds. The van der Waals surface area contributed by atoms with Crippen molar-refractivity contribution in [1.82, 2.24) is 9.97 Å². The Balaban J connectivity index is 1.51. The van der Waals surface area contributed by atoms with Gasteiger partial charge in [0.2, 0.25) is 0 Å². The number of aryl methyl sites for hydroxylation is 1. The Bertz CT molecular complexity index is 794. The number of aromatic nitrogens is 2. The van der Waals surface area contributed by atoms with Crippen molar-refractivity contribution in [2.75, 3.05) is 11.5 Å². The molecule has 4 rings (SSSR count). The summed E-state index contributed by atoms with van der Waals surface area (Å²) in [6, 6.07) is 15.1. The van der Waals surface area contributed by atoms with Crippen LogP contribution in [0.3, 0.4) is 0 Å². The van der Waals surface area contributed by atoms with Crippen molar-refractivity contribution in [3.63, 3.8) is 0 Å². The lowest BCUT2D eigenvalue weighted by Gasteiger charge is -2.08. The third-order valence-corrected chi connectivity index (χ3v) is 6.12. The number of nitrogens with one attached hydrogen (secondary N) is 1. The van der Waals surface area contributed by atoms with Crippen molar-refractivity contribution in [3.05, 3.63) is 53.6 Å². The van der Waals surface area contributed by atoms with Crippen molar-refractivity contribution in [2.45, 2.75) is 22.9 Å². The van der Waals surface area contributed by atoms with E-state index in [1.54, 1.807) is 0 Å². The van der Waals surface area contributed by atoms with E-state index in [9.17, 15) is 0 Å². The summed E-state index contributed by atoms with van der Waals surface area (Å²) in [5.74, 6) is 2.90. The molecule has 1 atom stereocenters. The predicted octanol–water partition coefficient (Wildman–Crippen LogP) is 4.85. The fourth-order valence-corrected chi connectivity index (χ4v) is 5.12. The minimum absolute atomic E-state index is 0.631. The standard InChI is InChI=1S/C17H16N2S2/c1-11-6-7-14-15(8-11)19-17(18-14)21-10-12-9-20-16-5-3-2-4-13(12)16/h2-8,12H,9-10H2,1H3,(H,18,19). The number of H-pyrrole nitrogens is 1. The number of thioether (sulfide) groups is 2. The summed E-state index contributed by atoms with van der Waals surface area (Å²) in [6.45, 7) is 2.11. The number of hydrogen-bond acceptors (Lipinski definition) is 3. The molecule has 1 N–H and O–H groups in total. The maximum atomic E-state index is 4.67. The highest BCUT2D eigenvalue weighted by Gasteiger charge is 2.23. The van der Waals surface area contributed by atoms with Crippen LogP contribution in [0.25, 0.3) is 11.0 Å². The summed E-state index contributed by atoms with van der Waals surface area (Å²) in [7, 11) is 0. The number of aromatic amines is 1. The fraction of sp³-hybridized carbons (Fsp3) is 0.235. The normalized spacial score (nSPS) is 17.3. The first-order valence-corrected chi connectivity index (χ1v) is 9.07. The largest absolute Gasteiger partial charge is 0.333 e. The van der Waals surface area contributed by atoms with Gasteiger partial charge in [-0.05, 0) is 36.2 Å². The quantitative estimate of drug-likeness (QED) is 0.701. The first-order valence-electron chi connectivity index (χ1n) is 7.10. The average Bonchev–Trinajstić information content (AvgIpc) is 3.08. The molecular formula is C17H16N2S2. The maximum absolute atomic E-state index is 4.67. The average molecular weight is 312 g/mol. The molecule has 0 fully saturated rings. The molecule has 0 aliphatic carbocycles. The molecule has 1 unspecified atom stereocenters. The molecule has 2 aromatic carbocycles. The Morgan fingerprint density at radius 2 is 2.19 bits per heavy atom. The van der Waals surface area contributed by atoms with E-state index in [1.165, 1.54) is 21.8 Å². The summed E-state index contributed by atoms with van der Waals surface area (Å²) in [6.07, 6.45) is 0. The van der Waals surface area contributed by atoms with Crippen LogP contribution in [0, 0.1) is 6.92 Å². The van der Waals surface area contributed by atoms with E-state index < -0.39 is 0 Å². The van der Waals surface area contributed by atoms with Crippen molar-refractivity contribution < 1.29 is 0 Å². The van der Waals surface area contributed by atoms with Crippen LogP contribution in [0.5, 0.6) is 0 Å². The highest BCUT2D eigenvalue weighted by molar-refractivity contribution is 8.00. The van der Waals surface area contributed by atoms with Crippen LogP contribution in [0.15, 0.2) is 52.5 Å². The molecule has 1 aromatic heterocycles. The van der Waals surface area contributed by atoms with Gasteiger partial charge in [0.1, 0.15) is 0 Å². The van der Waals surface area contributed by atoms with Gasteiger partial charge in [-0.15, -0.1) is 11.8 Å². The van der Waals surface area contributed by atoms with E-state index >= 15 is 0 Å². The topological polar surface area (TPSA) is 28.7 Å². The number of fused-ring (bicyclic) bond motifs is 2. The third kappa shape index (κ3) is 2.58. The second-order valence-electron chi connectivity index (χ2n) is 5.42. The third-order valence-electron chi connectivity index (χ3n) is 3.84. The summed E-state index contributed by atoms with van der Waals surface area (Å²) in [4.78, 5) is 9.55. The molecule has 2 heterocycles. The van der Waals surface area contributed by atoms with Gasteiger partial charge in [-0.3, -0.25) is 0 Å². The van der Waals surface area contributed by atoms with E-state index in [0.717, 1.165) is 21.9 Å². The molecule has 0 saturated carbocycles. The van der Waals surface area contributed by atoms with E-state index in [1.807, 2.05) is 23.5 Å². The van der Waals surface area contributed by atoms with Gasteiger partial charge in [-0.1, -0.05) is 36.0 Å². The van der Waals surface area contributed by atoms with Crippen molar-refractivity contribution >= 4 is 34.6 Å². The second kappa shape index (κ2) is 5.43. The zero-order valence-electron chi connectivity index (χ0n) is 11.8. The fourth-order valence-electron chi connectivity index (χ4n) is 2.72. The first-order chi connectivity index (χ1) is 10.3. The Morgan fingerprint density at radius 1 is 1.29 bits per heavy atom. The van der Waals surface area contributed by atoms with Crippen LogP contribution < -0.4 is 0 Å². The lowest BCUT2D eigenvalue weighted by Crippen LogP contribution is -2.00. The number of rotatable bonds is 3. The van der Waals surface area contributed by atoms with E-state index in [0.29, 0.717) is 5.92 Å². The number of hydrogen-bond donors (Lipinski definition) is 1. The molecule has 0 saturated heterocycles. The van der Waals surface area contributed by atoms with E-state index in [-0.39, 0.29) is 0 Å². The first kappa shape index (κ1) is 13.3. The van der Waals surface area contributed by atoms with Crippen molar-refractivity contribution in [2.24, 2.45) is 0 Å². The second-order valence-corrected chi connectivity index (χ2v) is 7.49. The molecule has 1 aliphatic rings. The van der Waals surface area contributed by atoms with Gasteiger partial charge in [0.25, 0.3) is 0 Å². The number of benzene rings is 2. The Morgan fingerprint density at radius 3 is 3.14 bits per heavy atom.